The number of carbonyl (C=O) groups excluding carboxylic acids is 1. The fourth-order valence-corrected chi connectivity index (χ4v) is 2.05. The quantitative estimate of drug-likeness (QED) is 0.690. The minimum absolute atomic E-state index is 0.0821. The lowest BCUT2D eigenvalue weighted by Gasteiger charge is -2.38. The molecule has 3 heteroatoms. The number of piperidine rings is 1. The highest BCUT2D eigenvalue weighted by Crippen LogP contribution is 2.34. The van der Waals surface area contributed by atoms with Crippen LogP contribution < -0.4 is 5.32 Å². The number of carbonyl (C=O) groups is 1. The van der Waals surface area contributed by atoms with Crippen molar-refractivity contribution in [2.45, 2.75) is 26.2 Å². The molecule has 0 aliphatic carbocycles. The molecule has 0 aromatic rings. The summed E-state index contributed by atoms with van der Waals surface area (Å²) in [6.07, 6.45) is 2.96. The molecule has 3 nitrogen and oxygen atoms in total. The molecule has 0 atom stereocenters. The van der Waals surface area contributed by atoms with Crippen molar-refractivity contribution >= 4 is 5.91 Å². The average molecular weight is 184 g/mol. The number of hydrogen-bond donors (Lipinski definition) is 1. The third-order valence-electron chi connectivity index (χ3n) is 3.33. The monoisotopic (exact) mass is 184 g/mol. The summed E-state index contributed by atoms with van der Waals surface area (Å²) in [6.45, 7) is 4.20. The van der Waals surface area contributed by atoms with Crippen LogP contribution >= 0.6 is 0 Å². The second-order valence-electron chi connectivity index (χ2n) is 4.02. The van der Waals surface area contributed by atoms with E-state index < -0.39 is 0 Å². The van der Waals surface area contributed by atoms with Crippen molar-refractivity contribution < 1.29 is 4.79 Å². The van der Waals surface area contributed by atoms with Gasteiger partial charge in [-0.15, -0.1) is 0 Å². The summed E-state index contributed by atoms with van der Waals surface area (Å²) in [5.74, 6) is 0.225. The first-order valence-corrected chi connectivity index (χ1v) is 5.05. The first-order chi connectivity index (χ1) is 6.14. The topological polar surface area (TPSA) is 32.3 Å². The minimum atomic E-state index is -0.0821. The Balaban J connectivity index is 2.65. The van der Waals surface area contributed by atoms with E-state index in [4.69, 9.17) is 0 Å². The SMILES string of the molecule is CCC1(C(=O)NC)CCN(C)CC1. The fourth-order valence-electron chi connectivity index (χ4n) is 2.05. The molecule has 1 N–H and O–H groups in total. The number of rotatable bonds is 2. The van der Waals surface area contributed by atoms with Crippen molar-refractivity contribution in [1.82, 2.24) is 10.2 Å². The van der Waals surface area contributed by atoms with Crippen LogP contribution in [0.2, 0.25) is 0 Å². The van der Waals surface area contributed by atoms with E-state index in [1.54, 1.807) is 7.05 Å². The largest absolute Gasteiger partial charge is 0.359 e. The van der Waals surface area contributed by atoms with Gasteiger partial charge in [0.2, 0.25) is 5.91 Å². The van der Waals surface area contributed by atoms with Crippen molar-refractivity contribution in [3.8, 4) is 0 Å². The van der Waals surface area contributed by atoms with Crippen molar-refractivity contribution in [3.05, 3.63) is 0 Å². The van der Waals surface area contributed by atoms with E-state index >= 15 is 0 Å². The van der Waals surface area contributed by atoms with Crippen molar-refractivity contribution in [2.75, 3.05) is 27.2 Å². The van der Waals surface area contributed by atoms with E-state index in [0.717, 1.165) is 32.4 Å². The molecular weight excluding hydrogens is 164 g/mol. The Labute approximate surface area is 80.5 Å². The Bertz CT molecular complexity index is 183. The maximum absolute atomic E-state index is 11.7. The summed E-state index contributed by atoms with van der Waals surface area (Å²) in [6, 6.07) is 0. The Hall–Kier alpha value is -0.570. The van der Waals surface area contributed by atoms with Crippen molar-refractivity contribution in [2.24, 2.45) is 5.41 Å². The van der Waals surface area contributed by atoms with Crippen LogP contribution in [0.25, 0.3) is 0 Å². The maximum Gasteiger partial charge on any atom is 0.226 e. The van der Waals surface area contributed by atoms with Crippen LogP contribution in [0.15, 0.2) is 0 Å². The van der Waals surface area contributed by atoms with E-state index in [9.17, 15) is 4.79 Å². The van der Waals surface area contributed by atoms with E-state index in [2.05, 4.69) is 24.2 Å². The molecule has 1 heterocycles. The van der Waals surface area contributed by atoms with Crippen LogP contribution in [0.5, 0.6) is 0 Å². The minimum Gasteiger partial charge on any atom is -0.359 e. The van der Waals surface area contributed by atoms with Gasteiger partial charge in [0.05, 0.1) is 5.41 Å². The standard InChI is InChI=1S/C10H20N2O/c1-4-10(9(13)11-2)5-7-12(3)8-6-10/h4-8H2,1-3H3,(H,11,13). The summed E-state index contributed by atoms with van der Waals surface area (Å²) >= 11 is 0. The first-order valence-electron chi connectivity index (χ1n) is 5.05. The molecule has 1 rings (SSSR count). The summed E-state index contributed by atoms with van der Waals surface area (Å²) < 4.78 is 0. The second-order valence-corrected chi connectivity index (χ2v) is 4.02. The van der Waals surface area contributed by atoms with Crippen LogP contribution in [0.4, 0.5) is 0 Å². The molecule has 0 aromatic heterocycles. The van der Waals surface area contributed by atoms with Crippen molar-refractivity contribution in [3.63, 3.8) is 0 Å². The van der Waals surface area contributed by atoms with Gasteiger partial charge in [0.15, 0.2) is 0 Å². The first kappa shape index (κ1) is 10.5. The highest BCUT2D eigenvalue weighted by molar-refractivity contribution is 5.82. The maximum atomic E-state index is 11.7. The summed E-state index contributed by atoms with van der Waals surface area (Å²) in [7, 11) is 3.85. The van der Waals surface area contributed by atoms with E-state index in [0.29, 0.717) is 0 Å². The second kappa shape index (κ2) is 4.09. The number of likely N-dealkylation sites (tertiary alicyclic amines) is 1. The highest BCUT2D eigenvalue weighted by atomic mass is 16.2. The zero-order chi connectivity index (χ0) is 9.90. The van der Waals surface area contributed by atoms with E-state index in [1.807, 2.05) is 0 Å². The highest BCUT2D eigenvalue weighted by Gasteiger charge is 2.38. The van der Waals surface area contributed by atoms with Crippen LogP contribution in [0.3, 0.4) is 0 Å². The molecule has 0 saturated carbocycles. The normalized spacial score (nSPS) is 22.7. The van der Waals surface area contributed by atoms with Gasteiger partial charge in [-0.2, -0.15) is 0 Å². The zero-order valence-corrected chi connectivity index (χ0v) is 8.89. The van der Waals surface area contributed by atoms with Gasteiger partial charge in [0, 0.05) is 7.05 Å². The molecule has 1 fully saturated rings. The third-order valence-corrected chi connectivity index (χ3v) is 3.33. The Morgan fingerprint density at radius 1 is 1.46 bits per heavy atom. The predicted molar refractivity (Wildman–Crippen MR) is 53.5 cm³/mol. The number of hydrogen-bond acceptors (Lipinski definition) is 2. The molecule has 0 aromatic carbocycles. The molecular formula is C10H20N2O. The van der Waals surface area contributed by atoms with Crippen molar-refractivity contribution in [1.29, 1.82) is 0 Å². The summed E-state index contributed by atoms with van der Waals surface area (Å²) in [5.41, 5.74) is -0.0821. The fraction of sp³-hybridized carbons (Fsp3) is 0.900. The van der Waals surface area contributed by atoms with E-state index in [1.165, 1.54) is 0 Å². The lowest BCUT2D eigenvalue weighted by atomic mass is 9.75. The smallest absolute Gasteiger partial charge is 0.226 e. The van der Waals surface area contributed by atoms with Gasteiger partial charge in [0.1, 0.15) is 0 Å². The van der Waals surface area contributed by atoms with Gasteiger partial charge in [-0.05, 0) is 39.4 Å². The molecule has 0 bridgehead atoms. The Morgan fingerprint density at radius 2 is 2.00 bits per heavy atom. The van der Waals surface area contributed by atoms with Crippen LogP contribution in [0, 0.1) is 5.41 Å². The zero-order valence-electron chi connectivity index (χ0n) is 8.89. The number of nitrogens with one attached hydrogen (secondary N) is 1. The van der Waals surface area contributed by atoms with Gasteiger partial charge in [-0.25, -0.2) is 0 Å². The lowest BCUT2D eigenvalue weighted by molar-refractivity contribution is -0.133. The van der Waals surface area contributed by atoms with Gasteiger partial charge in [0.25, 0.3) is 0 Å². The molecule has 1 amide bonds. The summed E-state index contributed by atoms with van der Waals surface area (Å²) in [4.78, 5) is 14.0. The van der Waals surface area contributed by atoms with Gasteiger partial charge in [-0.1, -0.05) is 6.92 Å². The predicted octanol–water partition coefficient (Wildman–Crippen LogP) is 0.854. The molecule has 1 aliphatic heterocycles. The van der Waals surface area contributed by atoms with Crippen LogP contribution in [0.1, 0.15) is 26.2 Å². The number of nitrogens with zero attached hydrogens (tertiary/aromatic N) is 1. The Morgan fingerprint density at radius 3 is 2.38 bits per heavy atom. The molecule has 0 radical (unpaired) electrons. The molecule has 76 valence electrons. The molecule has 1 saturated heterocycles. The van der Waals surface area contributed by atoms with Gasteiger partial charge >= 0.3 is 0 Å². The lowest BCUT2D eigenvalue weighted by Crippen LogP contribution is -2.46. The van der Waals surface area contributed by atoms with Gasteiger partial charge in [-0.3, -0.25) is 4.79 Å². The number of amides is 1. The van der Waals surface area contributed by atoms with Crippen LogP contribution in [-0.4, -0.2) is 38.0 Å². The molecule has 13 heavy (non-hydrogen) atoms. The summed E-state index contributed by atoms with van der Waals surface area (Å²) in [5, 5.41) is 2.78. The Kier molecular flexibility index (Phi) is 3.31. The molecule has 0 unspecified atom stereocenters. The van der Waals surface area contributed by atoms with Crippen LogP contribution in [-0.2, 0) is 4.79 Å². The average Bonchev–Trinajstić information content (AvgIpc) is 2.18. The molecule has 0 spiro atoms. The third kappa shape index (κ3) is 2.02. The van der Waals surface area contributed by atoms with Gasteiger partial charge < -0.3 is 10.2 Å². The molecule has 1 aliphatic rings. The van der Waals surface area contributed by atoms with E-state index in [-0.39, 0.29) is 11.3 Å².